The molecule has 1 atom stereocenters. The van der Waals surface area contributed by atoms with Crippen molar-refractivity contribution in [3.63, 3.8) is 0 Å². The second-order valence-electron chi connectivity index (χ2n) is 11.5. The molecule has 6 heteroatoms. The molecule has 39 heavy (non-hydrogen) atoms. The Bertz CT molecular complexity index is 1240. The SMILES string of the molecule is CCN(c1cc(-c2ccc(C)cc2)cc(C(=O)NCC2=C(C)C=C(C)NC2O)c1C)[C@H]1CC[C@H](N(C)C)CC1. The van der Waals surface area contributed by atoms with E-state index in [1.165, 1.54) is 18.4 Å². The molecule has 1 unspecified atom stereocenters. The molecule has 1 amide bonds. The first-order valence-corrected chi connectivity index (χ1v) is 14.3. The molecule has 1 fully saturated rings. The van der Waals surface area contributed by atoms with Crippen molar-refractivity contribution in [3.8, 4) is 11.1 Å². The van der Waals surface area contributed by atoms with E-state index in [1.807, 2.05) is 26.0 Å². The first kappa shape index (κ1) is 28.9. The van der Waals surface area contributed by atoms with Gasteiger partial charge in [0.15, 0.2) is 0 Å². The topological polar surface area (TPSA) is 67.8 Å². The molecule has 0 spiro atoms. The molecule has 1 saturated carbocycles. The Morgan fingerprint density at radius 1 is 0.974 bits per heavy atom. The number of amides is 1. The quantitative estimate of drug-likeness (QED) is 0.418. The Kier molecular flexibility index (Phi) is 9.19. The van der Waals surface area contributed by atoms with Crippen molar-refractivity contribution >= 4 is 11.6 Å². The summed E-state index contributed by atoms with van der Waals surface area (Å²) in [5, 5.41) is 16.7. The van der Waals surface area contributed by atoms with Gasteiger partial charge in [-0.3, -0.25) is 4.79 Å². The number of hydrogen-bond donors (Lipinski definition) is 3. The molecule has 1 aliphatic carbocycles. The van der Waals surface area contributed by atoms with Crippen LogP contribution in [0.2, 0.25) is 0 Å². The van der Waals surface area contributed by atoms with Gasteiger partial charge in [0, 0.05) is 47.7 Å². The number of anilines is 1. The van der Waals surface area contributed by atoms with Crippen LogP contribution in [-0.4, -0.2) is 61.4 Å². The van der Waals surface area contributed by atoms with Crippen LogP contribution in [0.3, 0.4) is 0 Å². The Hall–Kier alpha value is -3.09. The Balaban J connectivity index is 1.68. The van der Waals surface area contributed by atoms with Gasteiger partial charge in [-0.1, -0.05) is 29.8 Å². The number of carbonyl (C=O) groups excluding carboxylic acids is 1. The third kappa shape index (κ3) is 6.56. The lowest BCUT2D eigenvalue weighted by atomic mass is 9.88. The van der Waals surface area contributed by atoms with Crippen LogP contribution >= 0.6 is 0 Å². The zero-order chi connectivity index (χ0) is 28.3. The summed E-state index contributed by atoms with van der Waals surface area (Å²) in [4.78, 5) is 18.6. The summed E-state index contributed by atoms with van der Waals surface area (Å²) in [6.07, 6.45) is 5.89. The summed E-state index contributed by atoms with van der Waals surface area (Å²) in [5.41, 5.74) is 8.89. The highest BCUT2D eigenvalue weighted by molar-refractivity contribution is 5.99. The maximum Gasteiger partial charge on any atom is 0.251 e. The van der Waals surface area contributed by atoms with Crippen molar-refractivity contribution in [2.45, 2.75) is 78.6 Å². The lowest BCUT2D eigenvalue weighted by Gasteiger charge is -2.40. The van der Waals surface area contributed by atoms with Crippen molar-refractivity contribution < 1.29 is 9.90 Å². The van der Waals surface area contributed by atoms with Gasteiger partial charge in [-0.2, -0.15) is 0 Å². The van der Waals surface area contributed by atoms with E-state index in [1.54, 1.807) is 0 Å². The lowest BCUT2D eigenvalue weighted by molar-refractivity contribution is 0.0952. The van der Waals surface area contributed by atoms with Gasteiger partial charge in [0.25, 0.3) is 5.91 Å². The Morgan fingerprint density at radius 2 is 1.62 bits per heavy atom. The number of nitrogens with one attached hydrogen (secondary N) is 2. The molecule has 0 saturated heterocycles. The molecule has 2 aliphatic rings. The fourth-order valence-electron chi connectivity index (χ4n) is 6.14. The Morgan fingerprint density at radius 3 is 2.21 bits per heavy atom. The molecule has 1 aliphatic heterocycles. The van der Waals surface area contributed by atoms with Crippen LogP contribution in [-0.2, 0) is 0 Å². The van der Waals surface area contributed by atoms with Gasteiger partial charge in [-0.15, -0.1) is 0 Å². The van der Waals surface area contributed by atoms with Gasteiger partial charge < -0.3 is 25.5 Å². The standard InChI is InChI=1S/C33H46N4O2/c1-8-37(28-15-13-27(14-16-28)36(6)7)31-19-26(25-11-9-21(2)10-12-25)18-29(24(31)5)32(38)34-20-30-22(3)17-23(4)35-33(30)39/h9-12,17-19,27-28,33,35,39H,8,13-16,20H2,1-7H3,(H,34,38)/t27-,28-,33?. The number of benzene rings is 2. The van der Waals surface area contributed by atoms with Crippen molar-refractivity contribution in [2.24, 2.45) is 0 Å². The number of rotatable bonds is 8. The third-order valence-electron chi connectivity index (χ3n) is 8.57. The Labute approximate surface area is 234 Å². The van der Waals surface area contributed by atoms with Crippen LogP contribution in [0.15, 0.2) is 59.3 Å². The molecule has 4 rings (SSSR count). The van der Waals surface area contributed by atoms with Crippen molar-refractivity contribution in [1.82, 2.24) is 15.5 Å². The van der Waals surface area contributed by atoms with E-state index in [0.29, 0.717) is 17.6 Å². The van der Waals surface area contributed by atoms with Crippen LogP contribution < -0.4 is 15.5 Å². The molecular weight excluding hydrogens is 484 g/mol. The highest BCUT2D eigenvalue weighted by atomic mass is 16.3. The zero-order valence-electron chi connectivity index (χ0n) is 24.8. The van der Waals surface area contributed by atoms with E-state index in [0.717, 1.165) is 58.6 Å². The minimum absolute atomic E-state index is 0.117. The van der Waals surface area contributed by atoms with Gasteiger partial charge in [0.05, 0.1) is 0 Å². The molecule has 0 radical (unpaired) electrons. The molecule has 210 valence electrons. The molecule has 0 aromatic heterocycles. The first-order valence-electron chi connectivity index (χ1n) is 14.3. The van der Waals surface area contributed by atoms with Gasteiger partial charge in [0.2, 0.25) is 0 Å². The van der Waals surface area contributed by atoms with Gasteiger partial charge in [0.1, 0.15) is 6.23 Å². The summed E-state index contributed by atoms with van der Waals surface area (Å²) in [5.74, 6) is -0.117. The van der Waals surface area contributed by atoms with Gasteiger partial charge >= 0.3 is 0 Å². The first-order chi connectivity index (χ1) is 18.6. The third-order valence-corrected chi connectivity index (χ3v) is 8.57. The predicted molar refractivity (Wildman–Crippen MR) is 162 cm³/mol. The highest BCUT2D eigenvalue weighted by Crippen LogP contribution is 2.35. The summed E-state index contributed by atoms with van der Waals surface area (Å²) in [7, 11) is 4.36. The highest BCUT2D eigenvalue weighted by Gasteiger charge is 2.28. The summed E-state index contributed by atoms with van der Waals surface area (Å²) in [6, 6.07) is 13.9. The maximum atomic E-state index is 13.7. The molecule has 1 heterocycles. The number of aryl methyl sites for hydroxylation is 1. The number of aliphatic hydroxyl groups is 1. The zero-order valence-corrected chi connectivity index (χ0v) is 24.8. The van der Waals surface area contributed by atoms with Gasteiger partial charge in [-0.05, 0) is 115 Å². The van der Waals surface area contributed by atoms with Crippen LogP contribution in [0.4, 0.5) is 5.69 Å². The van der Waals surface area contributed by atoms with Gasteiger partial charge in [-0.25, -0.2) is 0 Å². The van der Waals surface area contributed by atoms with E-state index in [4.69, 9.17) is 0 Å². The molecule has 2 aromatic rings. The average molecular weight is 531 g/mol. The lowest BCUT2D eigenvalue weighted by Crippen LogP contribution is -2.42. The van der Waals surface area contributed by atoms with Crippen LogP contribution in [0.5, 0.6) is 0 Å². The van der Waals surface area contributed by atoms with E-state index < -0.39 is 6.23 Å². The van der Waals surface area contributed by atoms with Crippen molar-refractivity contribution in [2.75, 3.05) is 32.1 Å². The normalized spacial score (nSPS) is 21.5. The van der Waals surface area contributed by atoms with E-state index in [-0.39, 0.29) is 12.5 Å². The molecule has 3 N–H and O–H groups in total. The smallest absolute Gasteiger partial charge is 0.251 e. The summed E-state index contributed by atoms with van der Waals surface area (Å²) < 4.78 is 0. The molecular formula is C33H46N4O2. The number of allylic oxidation sites excluding steroid dienone is 3. The largest absolute Gasteiger partial charge is 0.370 e. The monoisotopic (exact) mass is 530 g/mol. The minimum Gasteiger partial charge on any atom is -0.370 e. The fourth-order valence-corrected chi connectivity index (χ4v) is 6.14. The van der Waals surface area contributed by atoms with Crippen LogP contribution in [0.1, 0.15) is 67.9 Å². The number of nitrogens with zero attached hydrogens (tertiary/aromatic N) is 2. The number of aliphatic hydroxyl groups excluding tert-OH is 1. The number of carbonyl (C=O) groups is 1. The van der Waals surface area contributed by atoms with E-state index in [2.05, 4.69) is 85.6 Å². The van der Waals surface area contributed by atoms with Crippen molar-refractivity contribution in [3.05, 3.63) is 76.0 Å². The summed E-state index contributed by atoms with van der Waals surface area (Å²) >= 11 is 0. The summed E-state index contributed by atoms with van der Waals surface area (Å²) in [6.45, 7) is 11.5. The average Bonchev–Trinajstić information content (AvgIpc) is 2.90. The maximum absolute atomic E-state index is 13.7. The van der Waals surface area contributed by atoms with Crippen molar-refractivity contribution in [1.29, 1.82) is 0 Å². The second kappa shape index (κ2) is 12.4. The molecule has 2 aromatic carbocycles. The van der Waals surface area contributed by atoms with E-state index >= 15 is 0 Å². The number of hydrogen-bond acceptors (Lipinski definition) is 5. The van der Waals surface area contributed by atoms with Crippen LogP contribution in [0, 0.1) is 13.8 Å². The predicted octanol–water partition coefficient (Wildman–Crippen LogP) is 5.54. The molecule has 0 bridgehead atoms. The second-order valence-corrected chi connectivity index (χ2v) is 11.5. The minimum atomic E-state index is -0.793. The number of dihydropyridines is 1. The molecule has 6 nitrogen and oxygen atoms in total. The van der Waals surface area contributed by atoms with E-state index in [9.17, 15) is 9.90 Å². The fraction of sp³-hybridized carbons (Fsp3) is 0.485. The van der Waals surface area contributed by atoms with Crippen LogP contribution in [0.25, 0.3) is 11.1 Å².